The lowest BCUT2D eigenvalue weighted by molar-refractivity contribution is -0.130. The van der Waals surface area contributed by atoms with Crippen molar-refractivity contribution in [1.82, 2.24) is 21.3 Å². The molecule has 3 rings (SSSR count). The first kappa shape index (κ1) is 22.5. The molecule has 2 amide bonds. The second kappa shape index (κ2) is 10.7. The van der Waals surface area contributed by atoms with Crippen molar-refractivity contribution in [3.63, 3.8) is 0 Å². The molecule has 29 heavy (non-hydrogen) atoms. The molecule has 3 atom stereocenters. The van der Waals surface area contributed by atoms with Gasteiger partial charge in [0.05, 0.1) is 6.10 Å². The van der Waals surface area contributed by atoms with Gasteiger partial charge in [0.25, 0.3) is 0 Å². The predicted octanol–water partition coefficient (Wildman–Crippen LogP) is 0.423. The van der Waals surface area contributed by atoms with Crippen LogP contribution in [0.2, 0.25) is 0 Å². The highest BCUT2D eigenvalue weighted by atomic mass is 16.5. The molecule has 8 nitrogen and oxygen atoms in total. The number of nitrogens with one attached hydrogen (secondary N) is 4. The van der Waals surface area contributed by atoms with Gasteiger partial charge in [0.15, 0.2) is 0 Å². The third-order valence-electron chi connectivity index (χ3n) is 7.12. The van der Waals surface area contributed by atoms with Crippen LogP contribution in [0.5, 0.6) is 0 Å². The van der Waals surface area contributed by atoms with Crippen LogP contribution < -0.4 is 27.0 Å². The van der Waals surface area contributed by atoms with Crippen molar-refractivity contribution in [3.8, 4) is 0 Å². The fraction of sp³-hybridized carbons (Fsp3) is 0.905. The molecule has 1 heterocycles. The van der Waals surface area contributed by atoms with E-state index in [0.29, 0.717) is 18.1 Å². The lowest BCUT2D eigenvalue weighted by atomic mass is 9.78. The van der Waals surface area contributed by atoms with E-state index in [1.165, 1.54) is 25.7 Å². The Labute approximate surface area is 174 Å². The lowest BCUT2D eigenvalue weighted by Crippen LogP contribution is -2.63. The largest absolute Gasteiger partial charge is 0.381 e. The topological polar surface area (TPSA) is 118 Å². The molecule has 1 aliphatic heterocycles. The number of primary amides is 1. The third-order valence-corrected chi connectivity index (χ3v) is 7.12. The number of hydrogen-bond acceptors (Lipinski definition) is 6. The van der Waals surface area contributed by atoms with E-state index >= 15 is 0 Å². The fourth-order valence-corrected chi connectivity index (χ4v) is 5.15. The number of carbonyl (C=O) groups is 2. The van der Waals surface area contributed by atoms with Crippen LogP contribution in [0.4, 0.5) is 0 Å². The van der Waals surface area contributed by atoms with Gasteiger partial charge in [-0.05, 0) is 63.7 Å². The summed E-state index contributed by atoms with van der Waals surface area (Å²) in [5.74, 6) is 0.836. The van der Waals surface area contributed by atoms with Gasteiger partial charge in [-0.3, -0.25) is 25.5 Å². The molecule has 3 aliphatic rings. The van der Waals surface area contributed by atoms with Gasteiger partial charge in [0.1, 0.15) is 12.3 Å². The molecule has 2 aliphatic carbocycles. The van der Waals surface area contributed by atoms with Crippen molar-refractivity contribution in [2.45, 2.75) is 82.8 Å². The molecule has 166 valence electrons. The Morgan fingerprint density at radius 2 is 1.72 bits per heavy atom. The highest BCUT2D eigenvalue weighted by molar-refractivity contribution is 5.87. The molecular formula is C21H39N5O3. The second-order valence-corrected chi connectivity index (χ2v) is 9.14. The normalized spacial score (nSPS) is 36.9. The number of rotatable bonds is 7. The van der Waals surface area contributed by atoms with Crippen LogP contribution >= 0.6 is 0 Å². The first-order valence-electron chi connectivity index (χ1n) is 11.3. The smallest absolute Gasteiger partial charge is 0.239 e. The highest BCUT2D eigenvalue weighted by Gasteiger charge is 2.33. The van der Waals surface area contributed by atoms with E-state index in [0.717, 1.165) is 44.7 Å². The van der Waals surface area contributed by atoms with Gasteiger partial charge in [0, 0.05) is 32.2 Å². The highest BCUT2D eigenvalue weighted by Crippen LogP contribution is 2.32. The number of methoxy groups -OCH3 is 1. The van der Waals surface area contributed by atoms with Crippen molar-refractivity contribution in [1.29, 1.82) is 0 Å². The second-order valence-electron chi connectivity index (χ2n) is 9.14. The van der Waals surface area contributed by atoms with Crippen molar-refractivity contribution >= 4 is 11.8 Å². The van der Waals surface area contributed by atoms with Crippen LogP contribution in [-0.4, -0.2) is 56.5 Å². The number of hydrogen-bond donors (Lipinski definition) is 5. The quantitative estimate of drug-likeness (QED) is 0.416. The van der Waals surface area contributed by atoms with E-state index in [9.17, 15) is 9.59 Å². The molecule has 0 aromatic rings. The first-order chi connectivity index (χ1) is 14.0. The zero-order chi connectivity index (χ0) is 20.8. The van der Waals surface area contributed by atoms with E-state index in [2.05, 4.69) is 21.3 Å². The Kier molecular flexibility index (Phi) is 8.29. The van der Waals surface area contributed by atoms with Crippen LogP contribution in [0.25, 0.3) is 0 Å². The zero-order valence-corrected chi connectivity index (χ0v) is 17.9. The number of nitrogens with two attached hydrogens (primary N) is 1. The molecule has 0 spiro atoms. The van der Waals surface area contributed by atoms with E-state index < -0.39 is 11.9 Å². The SMILES string of the molecule is COC1CCC(C2CNC(NC3CCCC(C(=O)NC(C)C(N)=O)C3)NC2)CC1. The van der Waals surface area contributed by atoms with Gasteiger partial charge < -0.3 is 15.8 Å². The molecule has 0 aromatic heterocycles. The van der Waals surface area contributed by atoms with E-state index in [-0.39, 0.29) is 18.1 Å². The maximum Gasteiger partial charge on any atom is 0.239 e. The van der Waals surface area contributed by atoms with Crippen LogP contribution in [0.15, 0.2) is 0 Å². The van der Waals surface area contributed by atoms with E-state index in [1.54, 1.807) is 6.92 Å². The van der Waals surface area contributed by atoms with Crippen LogP contribution in [0.3, 0.4) is 0 Å². The molecule has 6 N–H and O–H groups in total. The zero-order valence-electron chi connectivity index (χ0n) is 17.9. The standard InChI is InChI=1S/C21H39N5O3/c1-13(19(22)27)25-20(28)15-4-3-5-17(10-15)26-21-23-11-16(12-24-21)14-6-8-18(29-2)9-7-14/h13-18,21,23-24,26H,3-12H2,1-2H3,(H2,22,27)(H,25,28). The summed E-state index contributed by atoms with van der Waals surface area (Å²) in [7, 11) is 1.82. The Hall–Kier alpha value is -1.22. The Bertz CT molecular complexity index is 544. The summed E-state index contributed by atoms with van der Waals surface area (Å²) >= 11 is 0. The Morgan fingerprint density at radius 1 is 1.03 bits per heavy atom. The summed E-state index contributed by atoms with van der Waals surface area (Å²) < 4.78 is 5.49. The van der Waals surface area contributed by atoms with Crippen molar-refractivity contribution in [2.75, 3.05) is 20.2 Å². The summed E-state index contributed by atoms with van der Waals surface area (Å²) in [6.07, 6.45) is 9.16. The number of carbonyl (C=O) groups excluding carboxylic acids is 2. The van der Waals surface area contributed by atoms with Crippen LogP contribution in [0, 0.1) is 17.8 Å². The maximum absolute atomic E-state index is 12.4. The first-order valence-corrected chi connectivity index (χ1v) is 11.3. The van der Waals surface area contributed by atoms with E-state index in [1.807, 2.05) is 7.11 Å². The van der Waals surface area contributed by atoms with Gasteiger partial charge in [-0.15, -0.1) is 0 Å². The molecule has 3 fully saturated rings. The van der Waals surface area contributed by atoms with E-state index in [4.69, 9.17) is 10.5 Å². The average molecular weight is 410 g/mol. The molecule has 0 aromatic carbocycles. The maximum atomic E-state index is 12.4. The molecule has 2 saturated carbocycles. The summed E-state index contributed by atoms with van der Waals surface area (Å²) in [5.41, 5.74) is 5.25. The van der Waals surface area contributed by atoms with Crippen molar-refractivity contribution in [2.24, 2.45) is 23.5 Å². The minimum Gasteiger partial charge on any atom is -0.381 e. The van der Waals surface area contributed by atoms with Crippen LogP contribution in [0.1, 0.15) is 58.3 Å². The van der Waals surface area contributed by atoms with Crippen molar-refractivity contribution < 1.29 is 14.3 Å². The minimum absolute atomic E-state index is 0.0564. The molecule has 0 radical (unpaired) electrons. The summed E-state index contributed by atoms with van der Waals surface area (Å²) in [6.45, 7) is 3.69. The number of ether oxygens (including phenoxy) is 1. The lowest BCUT2D eigenvalue weighted by Gasteiger charge is -2.40. The van der Waals surface area contributed by atoms with Gasteiger partial charge >= 0.3 is 0 Å². The fourth-order valence-electron chi connectivity index (χ4n) is 5.15. The molecule has 8 heteroatoms. The van der Waals surface area contributed by atoms with Gasteiger partial charge in [0.2, 0.25) is 11.8 Å². The van der Waals surface area contributed by atoms with Gasteiger partial charge in [-0.1, -0.05) is 6.42 Å². The van der Waals surface area contributed by atoms with Crippen molar-refractivity contribution in [3.05, 3.63) is 0 Å². The summed E-state index contributed by atoms with van der Waals surface area (Å²) in [6, 6.07) is -0.324. The Balaban J connectivity index is 1.39. The van der Waals surface area contributed by atoms with Crippen LogP contribution in [-0.2, 0) is 14.3 Å². The minimum atomic E-state index is -0.617. The molecule has 1 saturated heterocycles. The Morgan fingerprint density at radius 3 is 2.34 bits per heavy atom. The predicted molar refractivity (Wildman–Crippen MR) is 112 cm³/mol. The summed E-state index contributed by atoms with van der Waals surface area (Å²) in [5, 5.41) is 13.6. The third kappa shape index (κ3) is 6.38. The summed E-state index contributed by atoms with van der Waals surface area (Å²) in [4.78, 5) is 23.6. The van der Waals surface area contributed by atoms with Gasteiger partial charge in [-0.2, -0.15) is 0 Å². The average Bonchev–Trinajstić information content (AvgIpc) is 2.74. The molecule has 3 unspecified atom stereocenters. The number of amides is 2. The molecular weight excluding hydrogens is 370 g/mol. The van der Waals surface area contributed by atoms with Gasteiger partial charge in [-0.25, -0.2) is 0 Å². The molecule has 0 bridgehead atoms. The monoisotopic (exact) mass is 409 g/mol.